The van der Waals surface area contributed by atoms with Gasteiger partial charge < -0.3 is 4.90 Å². The first kappa shape index (κ1) is 19.9. The van der Waals surface area contributed by atoms with Gasteiger partial charge in [0.2, 0.25) is 15.9 Å². The number of para-hydroxylation sites is 1. The Labute approximate surface area is 149 Å². The third-order valence-corrected chi connectivity index (χ3v) is 5.26. The summed E-state index contributed by atoms with van der Waals surface area (Å²) in [6.45, 7) is 1.98. The monoisotopic (exact) mass is 386 g/mol. The number of nitrogens with one attached hydrogen (secondary N) is 1. The summed E-state index contributed by atoms with van der Waals surface area (Å²) in [5.74, 6) is -3.08. The average Bonchev–Trinajstić information content (AvgIpc) is 2.52. The topological polar surface area (TPSA) is 66.5 Å². The summed E-state index contributed by atoms with van der Waals surface area (Å²) in [4.78, 5) is 12.4. The van der Waals surface area contributed by atoms with Crippen LogP contribution in [0.4, 0.5) is 18.9 Å². The zero-order valence-corrected chi connectivity index (χ0v) is 14.9. The van der Waals surface area contributed by atoms with Gasteiger partial charge in [-0.2, -0.15) is 0 Å². The predicted molar refractivity (Wildman–Crippen MR) is 90.7 cm³/mol. The SMILES string of the molecule is CC(=O)N(CCNS(=O)(=O)c1ccc(F)cc1C)c1c(F)cccc1F. The summed E-state index contributed by atoms with van der Waals surface area (Å²) < 4.78 is 67.7. The number of carbonyl (C=O) groups excluding carboxylic acids is 1. The molecule has 0 saturated heterocycles. The second-order valence-corrected chi connectivity index (χ2v) is 7.28. The summed E-state index contributed by atoms with van der Waals surface area (Å²) in [7, 11) is -3.97. The van der Waals surface area contributed by atoms with Crippen LogP contribution in [0.15, 0.2) is 41.3 Å². The third-order valence-electron chi connectivity index (χ3n) is 3.64. The van der Waals surface area contributed by atoms with Crippen LogP contribution < -0.4 is 9.62 Å². The second kappa shape index (κ2) is 7.88. The van der Waals surface area contributed by atoms with E-state index in [-0.39, 0.29) is 23.5 Å². The summed E-state index contributed by atoms with van der Waals surface area (Å²) in [6, 6.07) is 6.36. The van der Waals surface area contributed by atoms with Crippen molar-refractivity contribution in [2.75, 3.05) is 18.0 Å². The molecule has 0 spiro atoms. The number of carbonyl (C=O) groups is 1. The molecule has 2 rings (SSSR count). The van der Waals surface area contributed by atoms with Gasteiger partial charge in [-0.1, -0.05) is 6.07 Å². The maximum absolute atomic E-state index is 13.9. The normalized spacial score (nSPS) is 11.4. The van der Waals surface area contributed by atoms with Crippen molar-refractivity contribution in [3.05, 3.63) is 59.4 Å². The van der Waals surface area contributed by atoms with Gasteiger partial charge in [0.15, 0.2) is 0 Å². The van der Waals surface area contributed by atoms with E-state index in [0.29, 0.717) is 0 Å². The fraction of sp³-hybridized carbons (Fsp3) is 0.235. The molecule has 0 atom stereocenters. The molecule has 9 heteroatoms. The lowest BCUT2D eigenvalue weighted by atomic mass is 10.2. The standard InChI is InChI=1S/C17H17F3N2O3S/c1-11-10-13(18)6-7-16(11)26(24,25)21-8-9-22(12(2)23)17-14(19)4-3-5-15(17)20/h3-7,10,21H,8-9H2,1-2H3. The fourth-order valence-corrected chi connectivity index (χ4v) is 3.70. The molecule has 0 saturated carbocycles. The molecule has 140 valence electrons. The van der Waals surface area contributed by atoms with Crippen molar-refractivity contribution in [2.45, 2.75) is 18.7 Å². The van der Waals surface area contributed by atoms with Crippen molar-refractivity contribution in [1.29, 1.82) is 0 Å². The lowest BCUT2D eigenvalue weighted by Gasteiger charge is -2.22. The highest BCUT2D eigenvalue weighted by molar-refractivity contribution is 7.89. The highest BCUT2D eigenvalue weighted by atomic mass is 32.2. The van der Waals surface area contributed by atoms with Crippen LogP contribution in [-0.4, -0.2) is 27.4 Å². The molecule has 0 aliphatic rings. The first-order chi connectivity index (χ1) is 12.1. The largest absolute Gasteiger partial charge is 0.306 e. The first-order valence-electron chi connectivity index (χ1n) is 7.61. The van der Waals surface area contributed by atoms with Gasteiger partial charge in [0.25, 0.3) is 0 Å². The van der Waals surface area contributed by atoms with Gasteiger partial charge in [0, 0.05) is 20.0 Å². The van der Waals surface area contributed by atoms with E-state index in [9.17, 15) is 26.4 Å². The van der Waals surface area contributed by atoms with Crippen LogP contribution in [-0.2, 0) is 14.8 Å². The number of aryl methyl sites for hydroxylation is 1. The van der Waals surface area contributed by atoms with Gasteiger partial charge >= 0.3 is 0 Å². The number of sulfonamides is 1. The molecule has 26 heavy (non-hydrogen) atoms. The van der Waals surface area contributed by atoms with E-state index < -0.39 is 39.1 Å². The number of rotatable bonds is 6. The first-order valence-corrected chi connectivity index (χ1v) is 9.09. The van der Waals surface area contributed by atoms with Crippen LogP contribution in [0, 0.1) is 24.4 Å². The Bertz CT molecular complexity index is 913. The van der Waals surface area contributed by atoms with Crippen molar-refractivity contribution < 1.29 is 26.4 Å². The molecule has 1 N–H and O–H groups in total. The fourth-order valence-electron chi connectivity index (χ4n) is 2.46. The molecule has 0 unspecified atom stereocenters. The Morgan fingerprint density at radius 3 is 2.27 bits per heavy atom. The van der Waals surface area contributed by atoms with Crippen molar-refractivity contribution in [3.63, 3.8) is 0 Å². The molecule has 0 fully saturated rings. The maximum atomic E-state index is 13.9. The summed E-state index contributed by atoms with van der Waals surface area (Å²) in [5.41, 5.74) is -0.335. The highest BCUT2D eigenvalue weighted by Crippen LogP contribution is 2.23. The zero-order valence-electron chi connectivity index (χ0n) is 14.1. The molecule has 0 aliphatic carbocycles. The van der Waals surface area contributed by atoms with Gasteiger partial charge in [-0.3, -0.25) is 4.79 Å². The van der Waals surface area contributed by atoms with Crippen molar-refractivity contribution in [1.82, 2.24) is 4.72 Å². The zero-order chi connectivity index (χ0) is 19.5. The Kier molecular flexibility index (Phi) is 6.04. The predicted octanol–water partition coefficient (Wildman–Crippen LogP) is 2.74. The number of hydrogen-bond donors (Lipinski definition) is 1. The molecule has 0 aromatic heterocycles. The second-order valence-electron chi connectivity index (χ2n) is 5.55. The van der Waals surface area contributed by atoms with Gasteiger partial charge in [0.1, 0.15) is 23.1 Å². The van der Waals surface area contributed by atoms with E-state index in [1.807, 2.05) is 0 Å². The summed E-state index contributed by atoms with van der Waals surface area (Å²) in [5, 5.41) is 0. The molecule has 2 aromatic rings. The Hall–Kier alpha value is -2.39. The average molecular weight is 386 g/mol. The van der Waals surface area contributed by atoms with Crippen LogP contribution in [0.2, 0.25) is 0 Å². The third kappa shape index (κ3) is 4.41. The van der Waals surface area contributed by atoms with Gasteiger partial charge in [0.05, 0.1) is 4.90 Å². The van der Waals surface area contributed by atoms with Gasteiger partial charge in [-0.25, -0.2) is 26.3 Å². The van der Waals surface area contributed by atoms with Crippen LogP contribution in [0.3, 0.4) is 0 Å². The number of halogens is 3. The number of nitrogens with zero attached hydrogens (tertiary/aromatic N) is 1. The van der Waals surface area contributed by atoms with Crippen LogP contribution in [0.1, 0.15) is 12.5 Å². The van der Waals surface area contributed by atoms with Crippen molar-refractivity contribution >= 4 is 21.6 Å². The van der Waals surface area contributed by atoms with Crippen molar-refractivity contribution in [3.8, 4) is 0 Å². The van der Waals surface area contributed by atoms with E-state index >= 15 is 0 Å². The van der Waals surface area contributed by atoms with Crippen molar-refractivity contribution in [2.24, 2.45) is 0 Å². The maximum Gasteiger partial charge on any atom is 0.240 e. The van der Waals surface area contributed by atoms with Gasteiger partial charge in [-0.05, 0) is 42.8 Å². The summed E-state index contributed by atoms with van der Waals surface area (Å²) in [6.07, 6.45) is 0. The molecular weight excluding hydrogens is 369 g/mol. The molecular formula is C17H17F3N2O3S. The van der Waals surface area contributed by atoms with Crippen LogP contribution in [0.25, 0.3) is 0 Å². The Morgan fingerprint density at radius 1 is 1.12 bits per heavy atom. The highest BCUT2D eigenvalue weighted by Gasteiger charge is 2.22. The quantitative estimate of drug-likeness (QED) is 0.830. The van der Waals surface area contributed by atoms with Crippen LogP contribution >= 0.6 is 0 Å². The minimum Gasteiger partial charge on any atom is -0.306 e. The van der Waals surface area contributed by atoms with Gasteiger partial charge in [-0.15, -0.1) is 0 Å². The van der Waals surface area contributed by atoms with E-state index in [4.69, 9.17) is 0 Å². The number of hydrogen-bond acceptors (Lipinski definition) is 3. The number of anilines is 1. The molecule has 1 amide bonds. The lowest BCUT2D eigenvalue weighted by Crippen LogP contribution is -2.38. The Balaban J connectivity index is 2.17. The van der Waals surface area contributed by atoms with E-state index in [0.717, 1.165) is 48.2 Å². The van der Waals surface area contributed by atoms with E-state index in [1.165, 1.54) is 6.92 Å². The number of benzene rings is 2. The molecule has 0 bridgehead atoms. The Morgan fingerprint density at radius 2 is 1.73 bits per heavy atom. The smallest absolute Gasteiger partial charge is 0.240 e. The molecule has 2 aromatic carbocycles. The molecule has 0 radical (unpaired) electrons. The summed E-state index contributed by atoms with van der Waals surface area (Å²) >= 11 is 0. The minimum atomic E-state index is -3.97. The minimum absolute atomic E-state index is 0.120. The number of amides is 1. The lowest BCUT2D eigenvalue weighted by molar-refractivity contribution is -0.116. The molecule has 5 nitrogen and oxygen atoms in total. The van der Waals surface area contributed by atoms with E-state index in [2.05, 4.69) is 4.72 Å². The van der Waals surface area contributed by atoms with E-state index in [1.54, 1.807) is 0 Å². The van der Waals surface area contributed by atoms with Crippen LogP contribution in [0.5, 0.6) is 0 Å². The molecule has 0 heterocycles. The molecule has 0 aliphatic heterocycles.